The fourth-order valence-corrected chi connectivity index (χ4v) is 2.34. The predicted octanol–water partition coefficient (Wildman–Crippen LogP) is 2.61. The lowest BCUT2D eigenvalue weighted by atomic mass is 10.0. The highest BCUT2D eigenvalue weighted by molar-refractivity contribution is 5.80. The zero-order chi connectivity index (χ0) is 12.1. The van der Waals surface area contributed by atoms with Gasteiger partial charge in [-0.1, -0.05) is 18.2 Å². The molecule has 17 heavy (non-hydrogen) atoms. The number of benzene rings is 1. The molecule has 2 rings (SSSR count). The molecule has 0 saturated carbocycles. The van der Waals surface area contributed by atoms with E-state index in [4.69, 9.17) is 4.74 Å². The topological polar surface area (TPSA) is 29.5 Å². The van der Waals surface area contributed by atoms with E-state index >= 15 is 0 Å². The van der Waals surface area contributed by atoms with Gasteiger partial charge in [-0.15, -0.1) is 0 Å². The van der Waals surface area contributed by atoms with Crippen LogP contribution in [0.1, 0.15) is 26.2 Å². The zero-order valence-electron chi connectivity index (χ0n) is 10.3. The van der Waals surface area contributed by atoms with Gasteiger partial charge in [0, 0.05) is 12.2 Å². The van der Waals surface area contributed by atoms with Crippen LogP contribution < -0.4 is 4.90 Å². The molecule has 0 unspecified atom stereocenters. The standard InChI is InChI=1S/C14H19NO2/c1-2-17-14(16)13-10-6-7-11-15(13)12-8-4-3-5-9-12/h3-5,8-9,13H,2,6-7,10-11H2,1H3/t13-/m0/s1. The van der Waals surface area contributed by atoms with E-state index in [1.165, 1.54) is 0 Å². The van der Waals surface area contributed by atoms with Gasteiger partial charge in [0.25, 0.3) is 0 Å². The molecule has 0 spiro atoms. The summed E-state index contributed by atoms with van der Waals surface area (Å²) in [5.41, 5.74) is 1.12. The summed E-state index contributed by atoms with van der Waals surface area (Å²) in [6, 6.07) is 10.0. The maximum atomic E-state index is 11.9. The summed E-state index contributed by atoms with van der Waals surface area (Å²) in [6.07, 6.45) is 3.14. The summed E-state index contributed by atoms with van der Waals surface area (Å²) < 4.78 is 5.15. The Bertz CT molecular complexity index is 364. The number of hydrogen-bond acceptors (Lipinski definition) is 3. The van der Waals surface area contributed by atoms with Crippen LogP contribution in [0.2, 0.25) is 0 Å². The van der Waals surface area contributed by atoms with Crippen LogP contribution in [0.15, 0.2) is 30.3 Å². The van der Waals surface area contributed by atoms with Crippen LogP contribution in [0.3, 0.4) is 0 Å². The third-order valence-corrected chi connectivity index (χ3v) is 3.15. The van der Waals surface area contributed by atoms with Gasteiger partial charge < -0.3 is 9.64 Å². The lowest BCUT2D eigenvalue weighted by molar-refractivity contribution is -0.145. The van der Waals surface area contributed by atoms with Crippen molar-refractivity contribution in [3.05, 3.63) is 30.3 Å². The normalized spacial score (nSPS) is 20.1. The Kier molecular flexibility index (Phi) is 4.02. The Morgan fingerprint density at radius 3 is 2.82 bits per heavy atom. The zero-order valence-corrected chi connectivity index (χ0v) is 10.3. The van der Waals surface area contributed by atoms with Crippen LogP contribution in [0.5, 0.6) is 0 Å². The number of rotatable bonds is 3. The summed E-state index contributed by atoms with van der Waals surface area (Å²) in [6.45, 7) is 3.25. The van der Waals surface area contributed by atoms with Gasteiger partial charge in [0.1, 0.15) is 6.04 Å². The summed E-state index contributed by atoms with van der Waals surface area (Å²) in [4.78, 5) is 14.1. The maximum absolute atomic E-state index is 11.9. The predicted molar refractivity (Wildman–Crippen MR) is 68.1 cm³/mol. The number of esters is 1. The van der Waals surface area contributed by atoms with Gasteiger partial charge in [0.15, 0.2) is 0 Å². The molecule has 1 fully saturated rings. The first-order chi connectivity index (χ1) is 8.33. The number of nitrogens with zero attached hydrogens (tertiary/aromatic N) is 1. The molecule has 1 aromatic carbocycles. The second-order valence-electron chi connectivity index (χ2n) is 4.29. The minimum Gasteiger partial charge on any atom is -0.464 e. The van der Waals surface area contributed by atoms with E-state index < -0.39 is 0 Å². The van der Waals surface area contributed by atoms with Crippen LogP contribution in [0.4, 0.5) is 5.69 Å². The largest absolute Gasteiger partial charge is 0.464 e. The lowest BCUT2D eigenvalue weighted by Gasteiger charge is -2.35. The molecule has 92 valence electrons. The minimum atomic E-state index is -0.105. The number of carbonyl (C=O) groups is 1. The molecule has 1 aliphatic heterocycles. The molecule has 3 heteroatoms. The highest BCUT2D eigenvalue weighted by Crippen LogP contribution is 2.25. The summed E-state index contributed by atoms with van der Waals surface area (Å²) in [7, 11) is 0. The van der Waals surface area contributed by atoms with Crippen LogP contribution in [-0.2, 0) is 9.53 Å². The SMILES string of the molecule is CCOC(=O)[C@@H]1CCCCN1c1ccccc1. The average Bonchev–Trinajstić information content (AvgIpc) is 2.40. The van der Waals surface area contributed by atoms with Gasteiger partial charge in [-0.2, -0.15) is 0 Å². The number of ether oxygens (including phenoxy) is 1. The molecule has 1 saturated heterocycles. The molecule has 0 amide bonds. The lowest BCUT2D eigenvalue weighted by Crippen LogP contribution is -2.45. The minimum absolute atomic E-state index is 0.0870. The number of para-hydroxylation sites is 1. The number of piperidine rings is 1. The molecule has 0 aromatic heterocycles. The van der Waals surface area contributed by atoms with Crippen molar-refractivity contribution in [2.24, 2.45) is 0 Å². The van der Waals surface area contributed by atoms with Crippen LogP contribution >= 0.6 is 0 Å². The van der Waals surface area contributed by atoms with E-state index in [1.807, 2.05) is 25.1 Å². The van der Waals surface area contributed by atoms with E-state index in [2.05, 4.69) is 17.0 Å². The molecule has 1 aliphatic rings. The van der Waals surface area contributed by atoms with E-state index in [0.29, 0.717) is 6.61 Å². The fraction of sp³-hybridized carbons (Fsp3) is 0.500. The first-order valence-electron chi connectivity index (χ1n) is 6.31. The van der Waals surface area contributed by atoms with Crippen molar-refractivity contribution in [1.29, 1.82) is 0 Å². The fourth-order valence-electron chi connectivity index (χ4n) is 2.34. The highest BCUT2D eigenvalue weighted by atomic mass is 16.5. The smallest absolute Gasteiger partial charge is 0.328 e. The quantitative estimate of drug-likeness (QED) is 0.752. The molecule has 1 heterocycles. The molecule has 0 N–H and O–H groups in total. The monoisotopic (exact) mass is 233 g/mol. The van der Waals surface area contributed by atoms with E-state index in [9.17, 15) is 4.79 Å². The summed E-state index contributed by atoms with van der Waals surface area (Å²) in [5, 5.41) is 0. The molecule has 1 aromatic rings. The van der Waals surface area contributed by atoms with Crippen molar-refractivity contribution >= 4 is 11.7 Å². The third-order valence-electron chi connectivity index (χ3n) is 3.15. The van der Waals surface area contributed by atoms with Gasteiger partial charge in [0.05, 0.1) is 6.61 Å². The summed E-state index contributed by atoms with van der Waals surface area (Å²) in [5.74, 6) is -0.0870. The molecular weight excluding hydrogens is 214 g/mol. The summed E-state index contributed by atoms with van der Waals surface area (Å²) >= 11 is 0. The Labute approximate surface area is 102 Å². The van der Waals surface area contributed by atoms with Crippen LogP contribution in [-0.4, -0.2) is 25.2 Å². The van der Waals surface area contributed by atoms with Crippen LogP contribution in [0.25, 0.3) is 0 Å². The van der Waals surface area contributed by atoms with Gasteiger partial charge in [-0.25, -0.2) is 4.79 Å². The van der Waals surface area contributed by atoms with Gasteiger partial charge in [-0.3, -0.25) is 0 Å². The number of anilines is 1. The van der Waals surface area contributed by atoms with Crippen molar-refractivity contribution in [1.82, 2.24) is 0 Å². The Morgan fingerprint density at radius 1 is 1.35 bits per heavy atom. The second kappa shape index (κ2) is 5.71. The highest BCUT2D eigenvalue weighted by Gasteiger charge is 2.29. The van der Waals surface area contributed by atoms with Gasteiger partial charge >= 0.3 is 5.97 Å². The molecule has 1 atom stereocenters. The maximum Gasteiger partial charge on any atom is 0.328 e. The van der Waals surface area contributed by atoms with Crippen molar-refractivity contribution < 1.29 is 9.53 Å². The molecule has 0 bridgehead atoms. The van der Waals surface area contributed by atoms with E-state index in [-0.39, 0.29) is 12.0 Å². The first-order valence-corrected chi connectivity index (χ1v) is 6.31. The molecule has 0 radical (unpaired) electrons. The second-order valence-corrected chi connectivity index (χ2v) is 4.29. The van der Waals surface area contributed by atoms with Gasteiger partial charge in [-0.05, 0) is 38.3 Å². The van der Waals surface area contributed by atoms with Crippen molar-refractivity contribution in [3.63, 3.8) is 0 Å². The first kappa shape index (κ1) is 12.0. The van der Waals surface area contributed by atoms with Crippen LogP contribution in [0, 0.1) is 0 Å². The molecule has 0 aliphatic carbocycles. The number of hydrogen-bond donors (Lipinski definition) is 0. The van der Waals surface area contributed by atoms with Crippen molar-refractivity contribution in [2.75, 3.05) is 18.1 Å². The average molecular weight is 233 g/mol. The van der Waals surface area contributed by atoms with Gasteiger partial charge in [0.2, 0.25) is 0 Å². The van der Waals surface area contributed by atoms with E-state index in [1.54, 1.807) is 0 Å². The number of carbonyl (C=O) groups excluding carboxylic acids is 1. The Balaban J connectivity index is 2.15. The van der Waals surface area contributed by atoms with Crippen molar-refractivity contribution in [3.8, 4) is 0 Å². The Hall–Kier alpha value is -1.51. The third kappa shape index (κ3) is 2.78. The molecular formula is C14H19NO2. The Morgan fingerprint density at radius 2 is 2.12 bits per heavy atom. The van der Waals surface area contributed by atoms with E-state index in [0.717, 1.165) is 31.5 Å². The van der Waals surface area contributed by atoms with Crippen molar-refractivity contribution in [2.45, 2.75) is 32.2 Å². The molecule has 3 nitrogen and oxygen atoms in total.